The highest BCUT2D eigenvalue weighted by molar-refractivity contribution is 5.80. The highest BCUT2D eigenvalue weighted by atomic mass is 16.5. The third kappa shape index (κ3) is 7.03. The molecule has 0 aromatic carbocycles. The Morgan fingerprint density at radius 1 is 1.06 bits per heavy atom. The first kappa shape index (κ1) is 15.5. The van der Waals surface area contributed by atoms with E-state index in [1.54, 1.807) is 0 Å². The molecule has 1 atom stereocenters. The maximum atomic E-state index is 5.44. The zero-order chi connectivity index (χ0) is 13.1. The lowest BCUT2D eigenvalue weighted by Gasteiger charge is -2.10. The standard InChI is InChI=1S/C16H30NO/c1-3-4-5-6-7-8-9-10-11-12-15(2)16-17-13-14-18-16/h15H,2-14H2,1H3. The first-order valence-electron chi connectivity index (χ1n) is 7.84. The monoisotopic (exact) mass is 252 g/mol. The van der Waals surface area contributed by atoms with E-state index in [9.17, 15) is 0 Å². The summed E-state index contributed by atoms with van der Waals surface area (Å²) in [4.78, 5) is 4.32. The van der Waals surface area contributed by atoms with Gasteiger partial charge in [-0.3, -0.25) is 4.99 Å². The van der Waals surface area contributed by atoms with Gasteiger partial charge in [0.05, 0.1) is 6.54 Å². The number of aliphatic imine (C=N–C) groups is 1. The Bertz CT molecular complexity index is 225. The molecule has 0 amide bonds. The summed E-state index contributed by atoms with van der Waals surface area (Å²) in [6.45, 7) is 8.00. The second-order valence-electron chi connectivity index (χ2n) is 5.38. The van der Waals surface area contributed by atoms with Crippen LogP contribution in [0, 0.1) is 12.8 Å². The Hall–Kier alpha value is -0.530. The number of nitrogens with zero attached hydrogens (tertiary/aromatic N) is 1. The fourth-order valence-electron chi connectivity index (χ4n) is 2.42. The summed E-state index contributed by atoms with van der Waals surface area (Å²) in [5, 5.41) is 0. The average Bonchev–Trinajstić information content (AvgIpc) is 2.90. The van der Waals surface area contributed by atoms with Gasteiger partial charge >= 0.3 is 0 Å². The molecule has 2 nitrogen and oxygen atoms in total. The van der Waals surface area contributed by atoms with Gasteiger partial charge in [0.2, 0.25) is 0 Å². The van der Waals surface area contributed by atoms with Crippen molar-refractivity contribution >= 4 is 5.90 Å². The molecule has 0 aromatic heterocycles. The summed E-state index contributed by atoms with van der Waals surface area (Å²) in [5.74, 6) is 1.19. The Morgan fingerprint density at radius 3 is 2.22 bits per heavy atom. The fourth-order valence-corrected chi connectivity index (χ4v) is 2.42. The SMILES string of the molecule is [CH2]C(CCCCCCCCCCC)C1=NCCO1. The van der Waals surface area contributed by atoms with Crippen LogP contribution in [0.1, 0.15) is 71.1 Å². The lowest BCUT2D eigenvalue weighted by atomic mass is 10.0. The molecule has 1 aliphatic heterocycles. The van der Waals surface area contributed by atoms with Gasteiger partial charge in [-0.05, 0) is 13.3 Å². The van der Waals surface area contributed by atoms with E-state index in [4.69, 9.17) is 4.74 Å². The van der Waals surface area contributed by atoms with Gasteiger partial charge in [-0.15, -0.1) is 0 Å². The van der Waals surface area contributed by atoms with Gasteiger partial charge in [-0.25, -0.2) is 0 Å². The van der Waals surface area contributed by atoms with Crippen LogP contribution in [0.4, 0.5) is 0 Å². The average molecular weight is 252 g/mol. The third-order valence-corrected chi connectivity index (χ3v) is 3.61. The first-order valence-corrected chi connectivity index (χ1v) is 7.84. The van der Waals surface area contributed by atoms with Crippen molar-refractivity contribution in [1.82, 2.24) is 0 Å². The molecule has 0 saturated carbocycles. The quantitative estimate of drug-likeness (QED) is 0.485. The Kier molecular flexibility index (Phi) is 8.97. The van der Waals surface area contributed by atoms with Crippen molar-refractivity contribution in [2.24, 2.45) is 10.9 Å². The van der Waals surface area contributed by atoms with Crippen LogP contribution < -0.4 is 0 Å². The smallest absolute Gasteiger partial charge is 0.186 e. The van der Waals surface area contributed by atoms with Crippen LogP contribution in [0.2, 0.25) is 0 Å². The first-order chi connectivity index (χ1) is 8.84. The maximum Gasteiger partial charge on any atom is 0.186 e. The third-order valence-electron chi connectivity index (χ3n) is 3.61. The number of ether oxygens (including phenoxy) is 1. The van der Waals surface area contributed by atoms with Crippen molar-refractivity contribution < 1.29 is 4.74 Å². The summed E-state index contributed by atoms with van der Waals surface area (Å²) < 4.78 is 5.44. The van der Waals surface area contributed by atoms with Gasteiger partial charge < -0.3 is 4.74 Å². The molecule has 0 aliphatic carbocycles. The Balaban J connectivity index is 1.83. The summed E-state index contributed by atoms with van der Waals surface area (Å²) in [7, 11) is 0. The van der Waals surface area contributed by atoms with E-state index in [1.165, 1.54) is 57.8 Å². The van der Waals surface area contributed by atoms with Gasteiger partial charge in [0, 0.05) is 5.92 Å². The van der Waals surface area contributed by atoms with Crippen LogP contribution in [0.5, 0.6) is 0 Å². The molecular formula is C16H30NO. The van der Waals surface area contributed by atoms with Crippen molar-refractivity contribution in [3.05, 3.63) is 6.92 Å². The molecule has 1 aliphatic rings. The zero-order valence-electron chi connectivity index (χ0n) is 12.1. The molecule has 2 heteroatoms. The van der Waals surface area contributed by atoms with Gasteiger partial charge in [-0.1, -0.05) is 64.7 Å². The predicted octanol–water partition coefficient (Wildman–Crippen LogP) is 4.79. The van der Waals surface area contributed by atoms with Crippen LogP contribution >= 0.6 is 0 Å². The molecule has 105 valence electrons. The molecular weight excluding hydrogens is 222 g/mol. The van der Waals surface area contributed by atoms with Crippen LogP contribution in [-0.2, 0) is 4.74 Å². The Labute approximate surface area is 113 Å². The normalized spacial score (nSPS) is 16.4. The Morgan fingerprint density at radius 2 is 1.67 bits per heavy atom. The molecule has 0 aromatic rings. The minimum absolute atomic E-state index is 0.289. The minimum Gasteiger partial charge on any atom is -0.479 e. The van der Waals surface area contributed by atoms with Gasteiger partial charge in [-0.2, -0.15) is 0 Å². The fraction of sp³-hybridized carbons (Fsp3) is 0.875. The van der Waals surface area contributed by atoms with Crippen LogP contribution in [0.25, 0.3) is 0 Å². The minimum atomic E-state index is 0.289. The van der Waals surface area contributed by atoms with Gasteiger partial charge in [0.25, 0.3) is 0 Å². The van der Waals surface area contributed by atoms with Crippen LogP contribution in [0.3, 0.4) is 0 Å². The lowest BCUT2D eigenvalue weighted by molar-refractivity contribution is 0.325. The molecule has 0 N–H and O–H groups in total. The van der Waals surface area contributed by atoms with E-state index in [0.29, 0.717) is 0 Å². The second-order valence-corrected chi connectivity index (χ2v) is 5.38. The number of hydrogen-bond donors (Lipinski definition) is 0. The van der Waals surface area contributed by atoms with Gasteiger partial charge in [0.15, 0.2) is 5.90 Å². The maximum absolute atomic E-state index is 5.44. The van der Waals surface area contributed by atoms with Crippen molar-refractivity contribution in [3.63, 3.8) is 0 Å². The van der Waals surface area contributed by atoms with Crippen molar-refractivity contribution in [2.45, 2.75) is 71.1 Å². The highest BCUT2D eigenvalue weighted by Gasteiger charge is 2.15. The number of hydrogen-bond acceptors (Lipinski definition) is 2. The molecule has 1 radical (unpaired) electrons. The van der Waals surface area contributed by atoms with Crippen LogP contribution in [0.15, 0.2) is 4.99 Å². The summed E-state index contributed by atoms with van der Waals surface area (Å²) in [6.07, 6.45) is 13.6. The van der Waals surface area contributed by atoms with Crippen molar-refractivity contribution in [2.75, 3.05) is 13.2 Å². The summed E-state index contributed by atoms with van der Waals surface area (Å²) in [5.41, 5.74) is 0. The highest BCUT2D eigenvalue weighted by Crippen LogP contribution is 2.16. The molecule has 0 fully saturated rings. The molecule has 1 rings (SSSR count). The molecule has 0 spiro atoms. The number of rotatable bonds is 11. The van der Waals surface area contributed by atoms with E-state index in [0.717, 1.165) is 25.5 Å². The second kappa shape index (κ2) is 10.4. The molecule has 1 unspecified atom stereocenters. The van der Waals surface area contributed by atoms with E-state index in [1.807, 2.05) is 0 Å². The topological polar surface area (TPSA) is 21.6 Å². The lowest BCUT2D eigenvalue weighted by Crippen LogP contribution is -2.11. The number of unbranched alkanes of at least 4 members (excludes halogenated alkanes) is 8. The van der Waals surface area contributed by atoms with Gasteiger partial charge in [0.1, 0.15) is 6.61 Å². The van der Waals surface area contributed by atoms with Crippen LogP contribution in [-0.4, -0.2) is 19.0 Å². The summed E-state index contributed by atoms with van der Waals surface area (Å²) >= 11 is 0. The van der Waals surface area contributed by atoms with E-state index >= 15 is 0 Å². The molecule has 1 heterocycles. The van der Waals surface area contributed by atoms with Crippen molar-refractivity contribution in [1.29, 1.82) is 0 Å². The molecule has 0 bridgehead atoms. The molecule has 18 heavy (non-hydrogen) atoms. The molecule has 0 saturated heterocycles. The van der Waals surface area contributed by atoms with E-state index < -0.39 is 0 Å². The zero-order valence-corrected chi connectivity index (χ0v) is 12.1. The summed E-state index contributed by atoms with van der Waals surface area (Å²) in [6, 6.07) is 0. The van der Waals surface area contributed by atoms with E-state index in [-0.39, 0.29) is 5.92 Å². The van der Waals surface area contributed by atoms with Crippen molar-refractivity contribution in [3.8, 4) is 0 Å². The van der Waals surface area contributed by atoms with E-state index in [2.05, 4.69) is 18.8 Å². The predicted molar refractivity (Wildman–Crippen MR) is 78.9 cm³/mol. The largest absolute Gasteiger partial charge is 0.479 e.